The number of carbonyl (C=O) groups is 1. The van der Waals surface area contributed by atoms with E-state index >= 15 is 0 Å². The number of hydrogen-bond donors (Lipinski definition) is 1. The van der Waals surface area contributed by atoms with Gasteiger partial charge >= 0.3 is 0 Å². The van der Waals surface area contributed by atoms with E-state index in [-0.39, 0.29) is 24.7 Å². The summed E-state index contributed by atoms with van der Waals surface area (Å²) in [4.78, 5) is 13.4. The number of rotatable bonds is 9. The molecule has 0 spiro atoms. The third kappa shape index (κ3) is 4.47. The highest BCUT2D eigenvalue weighted by molar-refractivity contribution is 6.04. The van der Waals surface area contributed by atoms with Crippen LogP contribution in [0.15, 0.2) is 40.8 Å². The van der Waals surface area contributed by atoms with Crippen molar-refractivity contribution in [1.82, 2.24) is 4.57 Å². The molecule has 7 heteroatoms. The lowest BCUT2D eigenvalue weighted by molar-refractivity contribution is 0.0840. The summed E-state index contributed by atoms with van der Waals surface area (Å²) < 4.78 is 34.2. The Morgan fingerprint density at radius 2 is 1.95 bits per heavy atom. The van der Waals surface area contributed by atoms with E-state index in [2.05, 4.69) is 22.8 Å². The zero-order valence-corrected chi connectivity index (χ0v) is 22.0. The van der Waals surface area contributed by atoms with Crippen LogP contribution in [-0.4, -0.2) is 42.5 Å². The number of Topliss-reactive ketones (excluding diaryl/α,β-unsaturated/α-hetero) is 1. The zero-order chi connectivity index (χ0) is 26.4. The molecule has 200 valence electrons. The first-order valence-electron chi connectivity index (χ1n) is 13.6. The minimum Gasteiger partial charge on any atom is -0.497 e. The highest BCUT2D eigenvalue weighted by atomic mass is 19.1. The first kappa shape index (κ1) is 25.0. The van der Waals surface area contributed by atoms with Gasteiger partial charge in [-0.15, -0.1) is 0 Å². The van der Waals surface area contributed by atoms with Crippen LogP contribution in [0.3, 0.4) is 0 Å². The fraction of sp³-hybridized carbons (Fsp3) is 0.452. The van der Waals surface area contributed by atoms with Gasteiger partial charge in [-0.25, -0.2) is 4.39 Å². The lowest BCUT2D eigenvalue weighted by atomic mass is 9.82. The van der Waals surface area contributed by atoms with Gasteiger partial charge < -0.3 is 23.6 Å². The van der Waals surface area contributed by atoms with Gasteiger partial charge in [0.1, 0.15) is 23.3 Å². The molecule has 0 radical (unpaired) electrons. The Balaban J connectivity index is 1.52. The van der Waals surface area contributed by atoms with Crippen LogP contribution in [0, 0.1) is 11.8 Å². The molecule has 2 saturated carbocycles. The van der Waals surface area contributed by atoms with Gasteiger partial charge in [0.2, 0.25) is 0 Å². The molecule has 0 bridgehead atoms. The number of furan rings is 1. The minimum atomic E-state index is -0.929. The van der Waals surface area contributed by atoms with Gasteiger partial charge in [0.25, 0.3) is 0 Å². The van der Waals surface area contributed by atoms with Gasteiger partial charge in [-0.2, -0.15) is 0 Å². The summed E-state index contributed by atoms with van der Waals surface area (Å²) in [6, 6.07) is 11.7. The van der Waals surface area contributed by atoms with Crippen LogP contribution in [-0.2, 0) is 13.0 Å². The van der Waals surface area contributed by atoms with Crippen LogP contribution < -0.4 is 9.47 Å². The number of halogens is 1. The van der Waals surface area contributed by atoms with Crippen molar-refractivity contribution in [2.75, 3.05) is 20.8 Å². The second-order valence-corrected chi connectivity index (χ2v) is 10.8. The molecule has 6 nitrogen and oxygen atoms in total. The number of aromatic nitrogens is 1. The molecule has 2 atom stereocenters. The van der Waals surface area contributed by atoms with Crippen molar-refractivity contribution in [2.24, 2.45) is 11.8 Å². The number of aliphatic hydroxyl groups excluding tert-OH is 1. The number of benzene rings is 2. The van der Waals surface area contributed by atoms with Crippen LogP contribution in [0.25, 0.3) is 33.3 Å². The van der Waals surface area contributed by atoms with E-state index in [9.17, 15) is 14.3 Å². The fourth-order valence-corrected chi connectivity index (χ4v) is 6.02. The summed E-state index contributed by atoms with van der Waals surface area (Å²) in [5.41, 5.74) is 3.88. The molecule has 2 fully saturated rings. The van der Waals surface area contributed by atoms with E-state index in [1.165, 1.54) is 12.8 Å². The molecule has 2 aromatic heterocycles. The van der Waals surface area contributed by atoms with Crippen molar-refractivity contribution in [1.29, 1.82) is 0 Å². The normalized spacial score (nSPS) is 19.8. The van der Waals surface area contributed by atoms with E-state index in [1.807, 2.05) is 6.07 Å². The maximum absolute atomic E-state index is 14.1. The van der Waals surface area contributed by atoms with Gasteiger partial charge in [-0.05, 0) is 74.8 Å². The third-order valence-electron chi connectivity index (χ3n) is 8.18. The lowest BCUT2D eigenvalue weighted by Gasteiger charge is -2.23. The van der Waals surface area contributed by atoms with Gasteiger partial charge in [-0.3, -0.25) is 4.79 Å². The number of ether oxygens (including phenoxy) is 2. The second-order valence-electron chi connectivity index (χ2n) is 10.8. The van der Waals surface area contributed by atoms with E-state index in [0.717, 1.165) is 46.3 Å². The fourth-order valence-electron chi connectivity index (χ4n) is 6.02. The molecular weight excluding hydrogens is 485 g/mol. The van der Waals surface area contributed by atoms with Crippen LogP contribution in [0.2, 0.25) is 0 Å². The van der Waals surface area contributed by atoms with E-state index in [4.69, 9.17) is 13.9 Å². The monoisotopic (exact) mass is 519 g/mol. The molecule has 2 aromatic carbocycles. The Bertz CT molecular complexity index is 1500. The minimum absolute atomic E-state index is 0.0535. The molecular formula is C31H34FNO5. The van der Waals surface area contributed by atoms with Gasteiger partial charge in [-0.1, -0.05) is 0 Å². The number of methoxy groups -OCH3 is 2. The number of aliphatic hydroxyl groups is 1. The van der Waals surface area contributed by atoms with Crippen molar-refractivity contribution in [2.45, 2.75) is 57.7 Å². The van der Waals surface area contributed by atoms with Gasteiger partial charge in [0.15, 0.2) is 11.5 Å². The molecule has 6 rings (SSSR count). The van der Waals surface area contributed by atoms with Crippen molar-refractivity contribution in [3.05, 3.63) is 47.5 Å². The average Bonchev–Trinajstić information content (AvgIpc) is 3.59. The molecule has 4 aromatic rings. The summed E-state index contributed by atoms with van der Waals surface area (Å²) in [5, 5.41) is 11.9. The number of alkyl halides is 1. The molecule has 2 heterocycles. The second kappa shape index (κ2) is 10.1. The summed E-state index contributed by atoms with van der Waals surface area (Å²) in [6.07, 6.45) is 4.07. The molecule has 38 heavy (non-hydrogen) atoms. The first-order chi connectivity index (χ1) is 18.5. The standard InChI is InChI=1S/C31H34FNO5/c1-36-23-9-8-19-13-26(33(25(19)16-23)17-18-6-7-18)31-24(10-11-34)29-27(37-2)14-21(15-28(29)38-31)30(35)20-4-3-5-22(32)12-20/h8-9,13-16,18,20,22,34H,3-7,10-12,17H2,1-2H3/t20?,22-/m1/s1. The molecule has 0 aliphatic heterocycles. The molecule has 1 unspecified atom stereocenters. The topological polar surface area (TPSA) is 73.8 Å². The van der Waals surface area contributed by atoms with Gasteiger partial charge in [0, 0.05) is 48.1 Å². The van der Waals surface area contributed by atoms with Crippen molar-refractivity contribution < 1.29 is 28.2 Å². The molecule has 2 aliphatic rings. The summed E-state index contributed by atoms with van der Waals surface area (Å²) >= 11 is 0. The van der Waals surface area contributed by atoms with Crippen LogP contribution in [0.4, 0.5) is 4.39 Å². The number of hydrogen-bond acceptors (Lipinski definition) is 5. The van der Waals surface area contributed by atoms with E-state index < -0.39 is 6.17 Å². The number of fused-ring (bicyclic) bond motifs is 2. The largest absolute Gasteiger partial charge is 0.497 e. The average molecular weight is 520 g/mol. The maximum Gasteiger partial charge on any atom is 0.166 e. The quantitative estimate of drug-likeness (QED) is 0.248. The van der Waals surface area contributed by atoms with Crippen molar-refractivity contribution >= 4 is 27.7 Å². The highest BCUT2D eigenvalue weighted by Crippen LogP contribution is 2.44. The Morgan fingerprint density at radius 1 is 1.11 bits per heavy atom. The summed E-state index contributed by atoms with van der Waals surface area (Å²) in [6.45, 7) is 0.816. The summed E-state index contributed by atoms with van der Waals surface area (Å²) in [7, 11) is 3.24. The molecule has 2 aliphatic carbocycles. The smallest absolute Gasteiger partial charge is 0.166 e. The predicted octanol–water partition coefficient (Wildman–Crippen LogP) is 6.73. The first-order valence-corrected chi connectivity index (χ1v) is 13.6. The zero-order valence-electron chi connectivity index (χ0n) is 22.0. The molecule has 0 saturated heterocycles. The van der Waals surface area contributed by atoms with Crippen LogP contribution in [0.5, 0.6) is 11.5 Å². The number of nitrogens with zero attached hydrogens (tertiary/aromatic N) is 1. The Morgan fingerprint density at radius 3 is 2.66 bits per heavy atom. The highest BCUT2D eigenvalue weighted by Gasteiger charge is 2.31. The molecule has 1 N–H and O–H groups in total. The maximum atomic E-state index is 14.1. The Labute approximate surface area is 221 Å². The van der Waals surface area contributed by atoms with Gasteiger partial charge in [0.05, 0.1) is 30.8 Å². The van der Waals surface area contributed by atoms with Crippen LogP contribution in [0.1, 0.15) is 54.4 Å². The van der Waals surface area contributed by atoms with Crippen molar-refractivity contribution in [3.8, 4) is 23.0 Å². The number of carbonyl (C=O) groups excluding carboxylic acids is 1. The lowest BCUT2D eigenvalue weighted by Crippen LogP contribution is -2.23. The van der Waals surface area contributed by atoms with Crippen molar-refractivity contribution in [3.63, 3.8) is 0 Å². The Hall–Kier alpha value is -3.32. The Kier molecular flexibility index (Phi) is 6.64. The van der Waals surface area contributed by atoms with Crippen LogP contribution >= 0.6 is 0 Å². The van der Waals surface area contributed by atoms with E-state index in [1.54, 1.807) is 26.4 Å². The number of ketones is 1. The third-order valence-corrected chi connectivity index (χ3v) is 8.18. The summed E-state index contributed by atoms with van der Waals surface area (Å²) in [5.74, 6) is 2.22. The SMILES string of the molecule is COc1ccc2cc(-c3oc4cc(C(=O)C5CCC[C@@H](F)C5)cc(OC)c4c3CCO)n(CC3CC3)c2c1. The molecule has 0 amide bonds. The van der Waals surface area contributed by atoms with E-state index in [0.29, 0.717) is 47.8 Å². The predicted molar refractivity (Wildman–Crippen MR) is 145 cm³/mol.